The van der Waals surface area contributed by atoms with Crippen LogP contribution in [0, 0.1) is 0 Å². The first-order valence-corrected chi connectivity index (χ1v) is 12.4. The van der Waals surface area contributed by atoms with Crippen LogP contribution in [0.3, 0.4) is 0 Å². The van der Waals surface area contributed by atoms with E-state index in [0.717, 1.165) is 16.7 Å². The van der Waals surface area contributed by atoms with Gasteiger partial charge in [-0.3, -0.25) is 4.79 Å². The Labute approximate surface area is 213 Å². The van der Waals surface area contributed by atoms with Crippen LogP contribution in [-0.2, 0) is 9.53 Å². The number of benzene rings is 3. The number of hydrogen-bond donors (Lipinski definition) is 1. The maximum atomic E-state index is 12.9. The Bertz CT molecular complexity index is 1300. The Hall–Kier alpha value is -3.61. The second-order valence-corrected chi connectivity index (χ2v) is 9.04. The van der Waals surface area contributed by atoms with Crippen LogP contribution in [0.1, 0.15) is 24.2 Å². The third-order valence-electron chi connectivity index (χ3n) is 5.31. The number of hydrogen-bond acceptors (Lipinski definition) is 5. The summed E-state index contributed by atoms with van der Waals surface area (Å²) in [6.45, 7) is 3.63. The Morgan fingerprint density at radius 2 is 1.54 bits per heavy atom. The standard InChI is InChI=1S/C28H24ClNO4S/c1-3-33-28(32)25-24(21-9-13-22(29)14-10-21)17-35-27(25)30-26(31)18(2)34-23-15-11-20(12-16-23)19-7-5-4-6-8-19/h4-18H,3H2,1-2H3,(H,30,31). The summed E-state index contributed by atoms with van der Waals surface area (Å²) in [7, 11) is 0. The molecule has 1 heterocycles. The van der Waals surface area contributed by atoms with Gasteiger partial charge >= 0.3 is 5.97 Å². The third kappa shape index (κ3) is 5.91. The maximum absolute atomic E-state index is 12.9. The number of thiophene rings is 1. The minimum atomic E-state index is -0.784. The highest BCUT2D eigenvalue weighted by atomic mass is 35.5. The first-order valence-electron chi connectivity index (χ1n) is 11.1. The van der Waals surface area contributed by atoms with Gasteiger partial charge in [-0.25, -0.2) is 4.79 Å². The molecular formula is C28H24ClNO4S. The Morgan fingerprint density at radius 1 is 0.914 bits per heavy atom. The van der Waals surface area contributed by atoms with E-state index in [9.17, 15) is 9.59 Å². The number of carbonyl (C=O) groups is 2. The topological polar surface area (TPSA) is 64.6 Å². The predicted molar refractivity (Wildman–Crippen MR) is 141 cm³/mol. The highest BCUT2D eigenvalue weighted by molar-refractivity contribution is 7.15. The zero-order valence-corrected chi connectivity index (χ0v) is 20.9. The molecule has 1 amide bonds. The molecule has 3 aromatic carbocycles. The number of halogens is 1. The fourth-order valence-electron chi connectivity index (χ4n) is 3.53. The maximum Gasteiger partial charge on any atom is 0.341 e. The molecule has 0 fully saturated rings. The lowest BCUT2D eigenvalue weighted by Gasteiger charge is -2.15. The van der Waals surface area contributed by atoms with Crippen molar-refractivity contribution in [3.63, 3.8) is 0 Å². The highest BCUT2D eigenvalue weighted by Crippen LogP contribution is 2.37. The zero-order valence-electron chi connectivity index (χ0n) is 19.3. The number of ether oxygens (including phenoxy) is 2. The molecule has 0 saturated heterocycles. The first-order chi connectivity index (χ1) is 17.0. The average Bonchev–Trinajstić information content (AvgIpc) is 3.29. The van der Waals surface area contributed by atoms with Gasteiger partial charge < -0.3 is 14.8 Å². The lowest BCUT2D eigenvalue weighted by Crippen LogP contribution is -2.30. The molecule has 5 nitrogen and oxygen atoms in total. The van der Waals surface area contributed by atoms with Crippen LogP contribution in [-0.4, -0.2) is 24.6 Å². The fraction of sp³-hybridized carbons (Fsp3) is 0.143. The number of rotatable bonds is 8. The molecule has 0 saturated carbocycles. The Morgan fingerprint density at radius 3 is 2.20 bits per heavy atom. The second kappa shape index (κ2) is 11.2. The third-order valence-corrected chi connectivity index (χ3v) is 6.45. The molecule has 1 unspecified atom stereocenters. The van der Waals surface area contributed by atoms with Gasteiger partial charge in [0.25, 0.3) is 5.91 Å². The summed E-state index contributed by atoms with van der Waals surface area (Å²) in [6.07, 6.45) is -0.784. The van der Waals surface area contributed by atoms with Crippen LogP contribution >= 0.6 is 22.9 Å². The van der Waals surface area contributed by atoms with E-state index in [2.05, 4.69) is 5.32 Å². The lowest BCUT2D eigenvalue weighted by molar-refractivity contribution is -0.122. The molecule has 7 heteroatoms. The molecule has 1 aromatic heterocycles. The van der Waals surface area contributed by atoms with Crippen LogP contribution in [0.25, 0.3) is 22.3 Å². The van der Waals surface area contributed by atoms with Gasteiger partial charge in [-0.05, 0) is 54.8 Å². The van der Waals surface area contributed by atoms with E-state index < -0.39 is 12.1 Å². The molecule has 0 bridgehead atoms. The molecule has 178 valence electrons. The predicted octanol–water partition coefficient (Wildman–Crippen LogP) is 7.32. The smallest absolute Gasteiger partial charge is 0.341 e. The van der Waals surface area contributed by atoms with Crippen molar-refractivity contribution >= 4 is 39.8 Å². The fourth-order valence-corrected chi connectivity index (χ4v) is 4.61. The largest absolute Gasteiger partial charge is 0.481 e. The molecule has 0 aliphatic carbocycles. The zero-order chi connectivity index (χ0) is 24.8. The van der Waals surface area contributed by atoms with Gasteiger partial charge in [0, 0.05) is 16.0 Å². The Kier molecular flexibility index (Phi) is 7.85. The highest BCUT2D eigenvalue weighted by Gasteiger charge is 2.25. The van der Waals surface area contributed by atoms with Gasteiger partial charge in [0.2, 0.25) is 0 Å². The van der Waals surface area contributed by atoms with Crippen LogP contribution in [0.5, 0.6) is 5.75 Å². The van der Waals surface area contributed by atoms with Crippen molar-refractivity contribution in [1.29, 1.82) is 0 Å². The molecule has 35 heavy (non-hydrogen) atoms. The van der Waals surface area contributed by atoms with Crippen molar-refractivity contribution in [2.75, 3.05) is 11.9 Å². The van der Waals surface area contributed by atoms with Crippen molar-refractivity contribution in [1.82, 2.24) is 0 Å². The van der Waals surface area contributed by atoms with Gasteiger partial charge in [0.05, 0.1) is 6.61 Å². The number of anilines is 1. The van der Waals surface area contributed by atoms with Crippen LogP contribution in [0.2, 0.25) is 5.02 Å². The minimum absolute atomic E-state index is 0.223. The van der Waals surface area contributed by atoms with Crippen molar-refractivity contribution in [2.45, 2.75) is 20.0 Å². The summed E-state index contributed by atoms with van der Waals surface area (Å²) >= 11 is 7.27. The number of nitrogens with one attached hydrogen (secondary N) is 1. The number of amides is 1. The van der Waals surface area contributed by atoms with Crippen LogP contribution in [0.4, 0.5) is 5.00 Å². The van der Waals surface area contributed by atoms with Gasteiger partial charge in [0.15, 0.2) is 6.10 Å². The summed E-state index contributed by atoms with van der Waals surface area (Å²) in [5.74, 6) is -0.294. The molecule has 4 rings (SSSR count). The number of esters is 1. The van der Waals surface area contributed by atoms with Gasteiger partial charge in [0.1, 0.15) is 16.3 Å². The SMILES string of the molecule is CCOC(=O)c1c(-c2ccc(Cl)cc2)csc1NC(=O)C(C)Oc1ccc(-c2ccccc2)cc1. The van der Waals surface area contributed by atoms with E-state index in [-0.39, 0.29) is 12.5 Å². The van der Waals surface area contributed by atoms with E-state index in [1.165, 1.54) is 11.3 Å². The van der Waals surface area contributed by atoms with E-state index in [1.807, 2.05) is 72.1 Å². The minimum Gasteiger partial charge on any atom is -0.481 e. The average molecular weight is 506 g/mol. The first kappa shape index (κ1) is 24.5. The van der Waals surface area contributed by atoms with Gasteiger partial charge in [-0.1, -0.05) is 66.2 Å². The van der Waals surface area contributed by atoms with Crippen LogP contribution < -0.4 is 10.1 Å². The van der Waals surface area contributed by atoms with Crippen molar-refractivity contribution in [3.05, 3.63) is 94.8 Å². The molecule has 1 atom stereocenters. The van der Waals surface area contributed by atoms with Gasteiger partial charge in [-0.2, -0.15) is 0 Å². The molecule has 0 aliphatic rings. The van der Waals surface area contributed by atoms with Crippen molar-refractivity contribution in [3.8, 4) is 28.0 Å². The molecule has 4 aromatic rings. The summed E-state index contributed by atoms with van der Waals surface area (Å²) in [5.41, 5.74) is 3.95. The normalized spacial score (nSPS) is 11.5. The summed E-state index contributed by atoms with van der Waals surface area (Å²) < 4.78 is 11.1. The number of carbonyl (C=O) groups excluding carboxylic acids is 2. The summed E-state index contributed by atoms with van der Waals surface area (Å²) in [4.78, 5) is 25.7. The van der Waals surface area contributed by atoms with Crippen molar-refractivity contribution < 1.29 is 19.1 Å². The molecular weight excluding hydrogens is 482 g/mol. The molecule has 1 N–H and O–H groups in total. The molecule has 0 aliphatic heterocycles. The van der Waals surface area contributed by atoms with E-state index in [0.29, 0.717) is 26.9 Å². The Balaban J connectivity index is 1.49. The quantitative estimate of drug-likeness (QED) is 0.255. The second-order valence-electron chi connectivity index (χ2n) is 7.72. The van der Waals surface area contributed by atoms with Gasteiger partial charge in [-0.15, -0.1) is 11.3 Å². The molecule has 0 radical (unpaired) electrons. The van der Waals surface area contributed by atoms with Crippen LogP contribution in [0.15, 0.2) is 84.2 Å². The summed E-state index contributed by atoms with van der Waals surface area (Å²) in [6, 6.07) is 24.7. The monoisotopic (exact) mass is 505 g/mol. The van der Waals surface area contributed by atoms with E-state index in [4.69, 9.17) is 21.1 Å². The lowest BCUT2D eigenvalue weighted by atomic mass is 10.0. The van der Waals surface area contributed by atoms with Crippen molar-refractivity contribution in [2.24, 2.45) is 0 Å². The van der Waals surface area contributed by atoms with E-state index >= 15 is 0 Å². The van der Waals surface area contributed by atoms with E-state index in [1.54, 1.807) is 26.0 Å². The summed E-state index contributed by atoms with van der Waals surface area (Å²) in [5, 5.41) is 5.66. The molecule has 0 spiro atoms.